The molecule has 2 fully saturated rings. The minimum atomic E-state index is -0.0263. The second kappa shape index (κ2) is 10.2. The first-order valence-corrected chi connectivity index (χ1v) is 11.8. The van der Waals surface area contributed by atoms with Crippen LogP contribution in [0.25, 0.3) is 10.9 Å². The van der Waals surface area contributed by atoms with E-state index in [-0.39, 0.29) is 6.04 Å². The van der Waals surface area contributed by atoms with Crippen molar-refractivity contribution in [2.75, 3.05) is 52.4 Å². The lowest BCUT2D eigenvalue weighted by molar-refractivity contribution is -0.135. The van der Waals surface area contributed by atoms with E-state index in [0.29, 0.717) is 5.91 Å². The summed E-state index contributed by atoms with van der Waals surface area (Å²) < 4.78 is 0. The van der Waals surface area contributed by atoms with E-state index in [2.05, 4.69) is 64.4 Å². The molecule has 3 heterocycles. The normalized spacial score (nSPS) is 19.2. The molecular formula is C24H36N6O. The van der Waals surface area contributed by atoms with Crippen molar-refractivity contribution < 1.29 is 4.79 Å². The first-order chi connectivity index (χ1) is 15.2. The fourth-order valence-electron chi connectivity index (χ4n) is 4.73. The molecule has 168 valence electrons. The predicted octanol–water partition coefficient (Wildman–Crippen LogP) is 2.30. The number of benzene rings is 1. The zero-order chi connectivity index (χ0) is 21.6. The number of fused-ring (bicyclic) bond motifs is 1. The highest BCUT2D eigenvalue weighted by Crippen LogP contribution is 2.18. The molecule has 0 radical (unpaired) electrons. The Morgan fingerprint density at radius 2 is 1.84 bits per heavy atom. The van der Waals surface area contributed by atoms with Gasteiger partial charge in [0.2, 0.25) is 5.91 Å². The highest BCUT2D eigenvalue weighted by Gasteiger charge is 2.30. The van der Waals surface area contributed by atoms with Crippen molar-refractivity contribution in [2.45, 2.75) is 39.2 Å². The molecular weight excluding hydrogens is 388 g/mol. The van der Waals surface area contributed by atoms with Crippen LogP contribution in [-0.2, 0) is 11.2 Å². The summed E-state index contributed by atoms with van der Waals surface area (Å²) in [4.78, 5) is 27.7. The lowest BCUT2D eigenvalue weighted by Gasteiger charge is -2.39. The van der Waals surface area contributed by atoms with Crippen molar-refractivity contribution in [3.05, 3.63) is 36.0 Å². The third kappa shape index (κ3) is 5.03. The lowest BCUT2D eigenvalue weighted by atomic mass is 10.1. The van der Waals surface area contributed by atoms with E-state index in [9.17, 15) is 4.79 Å². The van der Waals surface area contributed by atoms with E-state index in [1.807, 2.05) is 4.90 Å². The fourth-order valence-corrected chi connectivity index (χ4v) is 4.73. The van der Waals surface area contributed by atoms with Gasteiger partial charge in [0.25, 0.3) is 0 Å². The Morgan fingerprint density at radius 1 is 1.10 bits per heavy atom. The molecule has 4 rings (SSSR count). The van der Waals surface area contributed by atoms with E-state index in [1.165, 1.54) is 16.5 Å². The zero-order valence-electron chi connectivity index (χ0n) is 18.9. The van der Waals surface area contributed by atoms with Crippen LogP contribution in [0.5, 0.6) is 0 Å². The van der Waals surface area contributed by atoms with E-state index in [0.717, 1.165) is 77.6 Å². The monoisotopic (exact) mass is 424 g/mol. The Bertz CT molecular complexity index is 892. The Kier molecular flexibility index (Phi) is 7.12. The highest BCUT2D eigenvalue weighted by atomic mass is 16.2. The molecule has 1 amide bonds. The number of hydrogen-bond acceptors (Lipinski definition) is 3. The summed E-state index contributed by atoms with van der Waals surface area (Å²) in [5, 5.41) is 4.74. The van der Waals surface area contributed by atoms with E-state index in [4.69, 9.17) is 4.99 Å². The van der Waals surface area contributed by atoms with Gasteiger partial charge in [0, 0.05) is 69.5 Å². The topological polar surface area (TPSA) is 67.0 Å². The zero-order valence-corrected chi connectivity index (χ0v) is 18.9. The minimum Gasteiger partial charge on any atom is -0.361 e. The van der Waals surface area contributed by atoms with Gasteiger partial charge in [0.1, 0.15) is 0 Å². The highest BCUT2D eigenvalue weighted by molar-refractivity contribution is 5.83. The van der Waals surface area contributed by atoms with Crippen molar-refractivity contribution >= 4 is 22.8 Å². The van der Waals surface area contributed by atoms with Gasteiger partial charge in [0.15, 0.2) is 5.96 Å². The summed E-state index contributed by atoms with van der Waals surface area (Å²) in [6.45, 7) is 11.2. The number of aliphatic imine (C=N–C) groups is 1. The maximum Gasteiger partial charge on any atom is 0.239 e. The summed E-state index contributed by atoms with van der Waals surface area (Å²) in [7, 11) is 0. The van der Waals surface area contributed by atoms with Gasteiger partial charge < -0.3 is 20.1 Å². The van der Waals surface area contributed by atoms with Crippen molar-refractivity contribution in [3.63, 3.8) is 0 Å². The number of aromatic amines is 1. The number of amides is 1. The predicted molar refractivity (Wildman–Crippen MR) is 126 cm³/mol. The third-order valence-corrected chi connectivity index (χ3v) is 6.59. The molecule has 2 saturated heterocycles. The third-order valence-electron chi connectivity index (χ3n) is 6.59. The van der Waals surface area contributed by atoms with E-state index < -0.39 is 0 Å². The molecule has 31 heavy (non-hydrogen) atoms. The molecule has 0 spiro atoms. The molecule has 0 aliphatic carbocycles. The van der Waals surface area contributed by atoms with Crippen LogP contribution < -0.4 is 5.32 Å². The van der Waals surface area contributed by atoms with Crippen LogP contribution in [-0.4, -0.2) is 90.0 Å². The van der Waals surface area contributed by atoms with Gasteiger partial charge in [0.05, 0.1) is 6.04 Å². The molecule has 1 unspecified atom stereocenters. The van der Waals surface area contributed by atoms with Crippen molar-refractivity contribution in [1.82, 2.24) is 25.0 Å². The number of guanidine groups is 1. The molecule has 2 aromatic rings. The molecule has 1 aromatic heterocycles. The SMILES string of the molecule is CCNC(=NCCc1c[nH]c2ccccc12)N1CCN(C(C)C(=O)N2CCCC2)CC1. The second-order valence-corrected chi connectivity index (χ2v) is 8.58. The summed E-state index contributed by atoms with van der Waals surface area (Å²) >= 11 is 0. The number of rotatable bonds is 6. The summed E-state index contributed by atoms with van der Waals surface area (Å²) in [5.74, 6) is 1.28. The number of aromatic nitrogens is 1. The first-order valence-electron chi connectivity index (χ1n) is 11.8. The van der Waals surface area contributed by atoms with Crippen molar-refractivity contribution in [2.24, 2.45) is 4.99 Å². The quantitative estimate of drug-likeness (QED) is 0.552. The van der Waals surface area contributed by atoms with Gasteiger partial charge in [-0.15, -0.1) is 0 Å². The van der Waals surface area contributed by atoms with Crippen molar-refractivity contribution in [1.29, 1.82) is 0 Å². The number of nitrogens with zero attached hydrogens (tertiary/aromatic N) is 4. The number of carbonyl (C=O) groups is 1. The van der Waals surface area contributed by atoms with Crippen LogP contribution in [0.1, 0.15) is 32.3 Å². The van der Waals surface area contributed by atoms with Gasteiger partial charge in [-0.2, -0.15) is 0 Å². The standard InChI is InChI=1S/C24H36N6O/c1-3-25-24(26-11-10-20-18-27-22-9-5-4-8-21(20)22)30-16-14-28(15-17-30)19(2)23(31)29-12-6-7-13-29/h4-5,8-9,18-19,27H,3,6-7,10-17H2,1-2H3,(H,25,26). The first kappa shape index (κ1) is 21.7. The Balaban J connectivity index is 1.32. The summed E-state index contributed by atoms with van der Waals surface area (Å²) in [5.41, 5.74) is 2.50. The molecule has 1 atom stereocenters. The Labute approximate surface area is 185 Å². The lowest BCUT2D eigenvalue weighted by Crippen LogP contribution is -2.57. The number of piperazine rings is 1. The molecule has 1 aromatic carbocycles. The second-order valence-electron chi connectivity index (χ2n) is 8.58. The molecule has 2 aliphatic rings. The number of para-hydroxylation sites is 1. The molecule has 0 bridgehead atoms. The molecule has 2 N–H and O–H groups in total. The van der Waals surface area contributed by atoms with Gasteiger partial charge in [-0.1, -0.05) is 18.2 Å². The average molecular weight is 425 g/mol. The van der Waals surface area contributed by atoms with Crippen LogP contribution >= 0.6 is 0 Å². The maximum absolute atomic E-state index is 12.7. The molecule has 7 nitrogen and oxygen atoms in total. The largest absolute Gasteiger partial charge is 0.361 e. The van der Waals surface area contributed by atoms with Crippen molar-refractivity contribution in [3.8, 4) is 0 Å². The van der Waals surface area contributed by atoms with E-state index in [1.54, 1.807) is 0 Å². The number of hydrogen-bond donors (Lipinski definition) is 2. The van der Waals surface area contributed by atoms with E-state index >= 15 is 0 Å². The summed E-state index contributed by atoms with van der Waals surface area (Å²) in [6.07, 6.45) is 5.31. The Morgan fingerprint density at radius 3 is 2.58 bits per heavy atom. The number of likely N-dealkylation sites (tertiary alicyclic amines) is 1. The Hall–Kier alpha value is -2.54. The smallest absolute Gasteiger partial charge is 0.239 e. The molecule has 7 heteroatoms. The average Bonchev–Trinajstić information content (AvgIpc) is 3.48. The van der Waals surface area contributed by atoms with Crippen LogP contribution in [0.15, 0.2) is 35.5 Å². The van der Waals surface area contributed by atoms with Gasteiger partial charge in [-0.05, 0) is 44.7 Å². The van der Waals surface area contributed by atoms with Crippen LogP contribution in [0.2, 0.25) is 0 Å². The van der Waals surface area contributed by atoms with Gasteiger partial charge in [-0.3, -0.25) is 14.7 Å². The summed E-state index contributed by atoms with van der Waals surface area (Å²) in [6, 6.07) is 8.40. The molecule has 2 aliphatic heterocycles. The fraction of sp³-hybridized carbons (Fsp3) is 0.583. The van der Waals surface area contributed by atoms with Gasteiger partial charge >= 0.3 is 0 Å². The number of nitrogens with one attached hydrogen (secondary N) is 2. The van der Waals surface area contributed by atoms with Gasteiger partial charge in [-0.25, -0.2) is 0 Å². The van der Waals surface area contributed by atoms with Crippen LogP contribution in [0, 0.1) is 0 Å². The minimum absolute atomic E-state index is 0.0263. The molecule has 0 saturated carbocycles. The number of H-pyrrole nitrogens is 1. The number of carbonyl (C=O) groups excluding carboxylic acids is 1. The maximum atomic E-state index is 12.7. The van der Waals surface area contributed by atoms with Crippen LogP contribution in [0.3, 0.4) is 0 Å². The van der Waals surface area contributed by atoms with Crippen LogP contribution in [0.4, 0.5) is 0 Å².